The molecule has 112 valence electrons. The van der Waals surface area contributed by atoms with Crippen molar-refractivity contribution >= 4 is 34.0 Å². The monoisotopic (exact) mass is 314 g/mol. The molecule has 0 aliphatic carbocycles. The van der Waals surface area contributed by atoms with Crippen LogP contribution in [-0.4, -0.2) is 10.5 Å². The number of hydrogen-bond donors (Lipinski definition) is 1. The number of nitrogens with two attached hydrogens (primary N) is 1. The Balaban J connectivity index is 3.14. The second kappa shape index (κ2) is 6.03. The van der Waals surface area contributed by atoms with Crippen LogP contribution < -0.4 is 11.3 Å². The molecule has 2 aromatic rings. The van der Waals surface area contributed by atoms with Crippen LogP contribution >= 0.6 is 11.6 Å². The van der Waals surface area contributed by atoms with Gasteiger partial charge < -0.3 is 5.73 Å². The molecule has 1 aromatic heterocycles. The van der Waals surface area contributed by atoms with Crippen LogP contribution in [0.1, 0.15) is 16.1 Å². The smallest absolute Gasteiger partial charge is 0.264 e. The van der Waals surface area contributed by atoms with Crippen molar-refractivity contribution < 1.29 is 4.79 Å². The van der Waals surface area contributed by atoms with Crippen LogP contribution in [0, 0.1) is 6.92 Å². The summed E-state index contributed by atoms with van der Waals surface area (Å²) in [6.07, 6.45) is 4.65. The van der Waals surface area contributed by atoms with Gasteiger partial charge in [-0.2, -0.15) is 0 Å². The molecule has 0 unspecified atom stereocenters. The van der Waals surface area contributed by atoms with Crippen LogP contribution in [0.3, 0.4) is 0 Å². The molecule has 22 heavy (non-hydrogen) atoms. The molecule has 0 aliphatic heterocycles. The fourth-order valence-electron chi connectivity index (χ4n) is 2.50. The number of fused-ring (bicyclic) bond motifs is 1. The first-order valence-corrected chi connectivity index (χ1v) is 6.91. The first-order valence-electron chi connectivity index (χ1n) is 6.53. The average molecular weight is 315 g/mol. The van der Waals surface area contributed by atoms with Gasteiger partial charge in [0.2, 0.25) is 0 Å². The maximum atomic E-state index is 12.8. The molecule has 0 fully saturated rings. The van der Waals surface area contributed by atoms with Crippen LogP contribution in [-0.2, 0) is 0 Å². The second-order valence-corrected chi connectivity index (χ2v) is 5.07. The number of primary amides is 1. The predicted octanol–water partition coefficient (Wildman–Crippen LogP) is 3.28. The number of nitrogens with zero attached hydrogens (tertiary/aromatic N) is 1. The van der Waals surface area contributed by atoms with Crippen molar-refractivity contribution in [3.8, 4) is 0 Å². The van der Waals surface area contributed by atoms with Crippen molar-refractivity contribution in [1.29, 1.82) is 0 Å². The quantitative estimate of drug-likeness (QED) is 0.880. The SMILES string of the molecule is C=C/C=C(\C=C)n1c(C)c(C(N)=O)c2cccc(Cl)c2c1=O. The Morgan fingerprint density at radius 1 is 1.36 bits per heavy atom. The number of amides is 1. The Hall–Kier alpha value is -2.59. The molecule has 4 nitrogen and oxygen atoms in total. The lowest BCUT2D eigenvalue weighted by molar-refractivity contribution is 0.100. The molecule has 0 radical (unpaired) electrons. The molecule has 1 heterocycles. The van der Waals surface area contributed by atoms with Gasteiger partial charge in [-0.1, -0.05) is 43.0 Å². The van der Waals surface area contributed by atoms with Gasteiger partial charge in [0.1, 0.15) is 0 Å². The van der Waals surface area contributed by atoms with E-state index in [2.05, 4.69) is 13.2 Å². The van der Waals surface area contributed by atoms with Gasteiger partial charge in [-0.3, -0.25) is 14.2 Å². The summed E-state index contributed by atoms with van der Waals surface area (Å²) < 4.78 is 1.36. The van der Waals surface area contributed by atoms with E-state index in [9.17, 15) is 9.59 Å². The van der Waals surface area contributed by atoms with Crippen LogP contribution in [0.4, 0.5) is 0 Å². The minimum atomic E-state index is -0.625. The second-order valence-electron chi connectivity index (χ2n) is 4.66. The summed E-state index contributed by atoms with van der Waals surface area (Å²) >= 11 is 6.16. The van der Waals surface area contributed by atoms with Crippen LogP contribution in [0.15, 0.2) is 54.4 Å². The van der Waals surface area contributed by atoms with Crippen LogP contribution in [0.5, 0.6) is 0 Å². The molecule has 0 saturated carbocycles. The number of rotatable bonds is 4. The maximum Gasteiger partial charge on any atom is 0.264 e. The highest BCUT2D eigenvalue weighted by Gasteiger charge is 2.19. The summed E-state index contributed by atoms with van der Waals surface area (Å²) in [6.45, 7) is 8.96. The van der Waals surface area contributed by atoms with E-state index < -0.39 is 5.91 Å². The Morgan fingerprint density at radius 3 is 2.59 bits per heavy atom. The van der Waals surface area contributed by atoms with Gasteiger partial charge >= 0.3 is 0 Å². The molecule has 1 amide bonds. The lowest BCUT2D eigenvalue weighted by atomic mass is 10.0. The van der Waals surface area contributed by atoms with E-state index in [0.29, 0.717) is 16.8 Å². The number of benzene rings is 1. The van der Waals surface area contributed by atoms with E-state index in [-0.39, 0.29) is 21.5 Å². The van der Waals surface area contributed by atoms with Gasteiger partial charge in [0.05, 0.1) is 16.0 Å². The van der Waals surface area contributed by atoms with Crippen molar-refractivity contribution in [2.75, 3.05) is 0 Å². The number of carbonyl (C=O) groups is 1. The molecular formula is C17H15ClN2O2. The molecule has 2 rings (SSSR count). The summed E-state index contributed by atoms with van der Waals surface area (Å²) in [5.41, 5.74) is 6.34. The van der Waals surface area contributed by atoms with Crippen molar-refractivity contribution in [1.82, 2.24) is 4.57 Å². The molecule has 2 N–H and O–H groups in total. The summed E-state index contributed by atoms with van der Waals surface area (Å²) in [6, 6.07) is 4.93. The van der Waals surface area contributed by atoms with E-state index in [1.54, 1.807) is 31.2 Å². The van der Waals surface area contributed by atoms with E-state index in [0.717, 1.165) is 0 Å². The molecule has 0 saturated heterocycles. The van der Waals surface area contributed by atoms with Gasteiger partial charge in [0.25, 0.3) is 11.5 Å². The minimum absolute atomic E-state index is 0.250. The van der Waals surface area contributed by atoms with Gasteiger partial charge in [-0.25, -0.2) is 0 Å². The number of halogens is 1. The molecule has 1 aromatic carbocycles. The average Bonchev–Trinajstić information content (AvgIpc) is 2.45. The van der Waals surface area contributed by atoms with E-state index in [4.69, 9.17) is 17.3 Å². The number of carbonyl (C=O) groups excluding carboxylic acids is 1. The van der Waals surface area contributed by atoms with Crippen molar-refractivity contribution in [2.24, 2.45) is 5.73 Å². The third-order valence-electron chi connectivity index (χ3n) is 3.40. The summed E-state index contributed by atoms with van der Waals surface area (Å²) in [7, 11) is 0. The largest absolute Gasteiger partial charge is 0.366 e. The molecule has 0 aliphatic rings. The Labute approximate surface area is 132 Å². The van der Waals surface area contributed by atoms with Crippen LogP contribution in [0.25, 0.3) is 16.5 Å². The fraction of sp³-hybridized carbons (Fsp3) is 0.0588. The summed E-state index contributed by atoms with van der Waals surface area (Å²) in [5.74, 6) is -0.625. The Bertz CT molecular complexity index is 892. The Kier molecular flexibility index (Phi) is 4.33. The van der Waals surface area contributed by atoms with E-state index >= 15 is 0 Å². The molecular weight excluding hydrogens is 300 g/mol. The highest BCUT2D eigenvalue weighted by Crippen LogP contribution is 2.26. The number of pyridine rings is 1. The predicted molar refractivity (Wildman–Crippen MR) is 91.1 cm³/mol. The number of allylic oxidation sites excluding steroid dienone is 4. The fourth-order valence-corrected chi connectivity index (χ4v) is 2.75. The zero-order chi connectivity index (χ0) is 16.4. The lowest BCUT2D eigenvalue weighted by Gasteiger charge is -2.16. The first kappa shape index (κ1) is 15.8. The zero-order valence-electron chi connectivity index (χ0n) is 12.1. The van der Waals surface area contributed by atoms with Gasteiger partial charge in [-0.05, 0) is 25.1 Å². The number of hydrogen-bond acceptors (Lipinski definition) is 2. The van der Waals surface area contributed by atoms with Gasteiger partial charge in [0, 0.05) is 16.8 Å². The van der Waals surface area contributed by atoms with Crippen molar-refractivity contribution in [3.63, 3.8) is 0 Å². The highest BCUT2D eigenvalue weighted by molar-refractivity contribution is 6.36. The zero-order valence-corrected chi connectivity index (χ0v) is 12.9. The summed E-state index contributed by atoms with van der Waals surface area (Å²) in [4.78, 5) is 24.7. The number of aromatic nitrogens is 1. The third-order valence-corrected chi connectivity index (χ3v) is 3.71. The van der Waals surface area contributed by atoms with E-state index in [1.807, 2.05) is 0 Å². The lowest BCUT2D eigenvalue weighted by Crippen LogP contribution is -2.26. The normalized spacial score (nSPS) is 11.5. The van der Waals surface area contributed by atoms with Gasteiger partial charge in [-0.15, -0.1) is 0 Å². The molecule has 5 heteroatoms. The van der Waals surface area contributed by atoms with Crippen LogP contribution in [0.2, 0.25) is 5.02 Å². The topological polar surface area (TPSA) is 65.1 Å². The third kappa shape index (κ3) is 2.38. The molecule has 0 bridgehead atoms. The highest BCUT2D eigenvalue weighted by atomic mass is 35.5. The molecule has 0 atom stereocenters. The molecule has 0 spiro atoms. The maximum absolute atomic E-state index is 12.8. The van der Waals surface area contributed by atoms with E-state index in [1.165, 1.54) is 16.7 Å². The minimum Gasteiger partial charge on any atom is -0.366 e. The van der Waals surface area contributed by atoms with Crippen molar-refractivity contribution in [3.05, 3.63) is 76.2 Å². The van der Waals surface area contributed by atoms with Crippen molar-refractivity contribution in [2.45, 2.75) is 6.92 Å². The first-order chi connectivity index (χ1) is 10.4. The Morgan fingerprint density at radius 2 is 2.05 bits per heavy atom. The standard InChI is InChI=1S/C17H15ClN2O2/c1-4-7-11(5-2)20-10(3)14(16(19)21)12-8-6-9-13(18)15(12)17(20)22/h4-9H,1-2H2,3H3,(H2,19,21)/b11-7+. The van der Waals surface area contributed by atoms with Gasteiger partial charge in [0.15, 0.2) is 0 Å². The summed E-state index contributed by atoms with van der Waals surface area (Å²) in [5, 5.41) is 0.960.